The van der Waals surface area contributed by atoms with Crippen LogP contribution >= 0.6 is 0 Å². The Bertz CT molecular complexity index is 653. The maximum Gasteiger partial charge on any atom is 0.132 e. The first-order chi connectivity index (χ1) is 16.9. The predicted octanol–water partition coefficient (Wildman–Crippen LogP) is 9.19. The van der Waals surface area contributed by atoms with Gasteiger partial charge in [0, 0.05) is 25.4 Å². The summed E-state index contributed by atoms with van der Waals surface area (Å²) in [6.45, 7) is 13.0. The summed E-state index contributed by atoms with van der Waals surface area (Å²) in [7, 11) is 0. The molecule has 0 saturated carbocycles. The average Bonchev–Trinajstić information content (AvgIpc) is 2.88. The molecule has 0 aliphatic heterocycles. The summed E-state index contributed by atoms with van der Waals surface area (Å²) in [5.74, 6) is 0.492. The number of aliphatic hydroxyl groups is 1. The molecular weight excluding hydrogens is 434 g/mol. The highest BCUT2D eigenvalue weighted by molar-refractivity contribution is 5.78. The fraction of sp³-hybridized carbons (Fsp3) is 0.645. The zero-order valence-corrected chi connectivity index (χ0v) is 23.5. The van der Waals surface area contributed by atoms with Crippen LogP contribution in [0.3, 0.4) is 0 Å². The summed E-state index contributed by atoms with van der Waals surface area (Å²) in [5, 5.41) is 12.5. The molecule has 1 rings (SSSR count). The van der Waals surface area contributed by atoms with Crippen molar-refractivity contribution in [1.29, 1.82) is 0 Å². The molecule has 0 heterocycles. The van der Waals surface area contributed by atoms with E-state index in [1.165, 1.54) is 6.42 Å². The Labute approximate surface area is 216 Å². The standard InChI is InChI=1S/C22H35NO3.C6H10.C3H8/c1-3-22(2,18-24)16-10-9-15-21(25)14-8-7-13-20(17-23-26)19-11-5-4-6-12-19;1-3-5-6-4-2;1-3-2/h4-6,11-12,20,24H,3,7-10,13-18H2,1-2H3;3-6H,1-2H3;3H2,1-2H3/b;5-3-,6-4-;. The Morgan fingerprint density at radius 2 is 1.51 bits per heavy atom. The Morgan fingerprint density at radius 3 is 1.97 bits per heavy atom. The van der Waals surface area contributed by atoms with Gasteiger partial charge in [0.2, 0.25) is 0 Å². The van der Waals surface area contributed by atoms with E-state index in [1.807, 2.05) is 68.5 Å². The van der Waals surface area contributed by atoms with Gasteiger partial charge in [0.1, 0.15) is 5.78 Å². The van der Waals surface area contributed by atoms with Crippen LogP contribution in [-0.2, 0) is 4.79 Å². The molecule has 200 valence electrons. The number of benzene rings is 1. The van der Waals surface area contributed by atoms with Crippen molar-refractivity contribution in [2.75, 3.05) is 13.2 Å². The fourth-order valence-corrected chi connectivity index (χ4v) is 3.48. The number of ketones is 1. The number of unbranched alkanes of at least 4 members (excludes halogenated alkanes) is 2. The van der Waals surface area contributed by atoms with Gasteiger partial charge < -0.3 is 5.11 Å². The quantitative estimate of drug-likeness (QED) is 0.143. The van der Waals surface area contributed by atoms with E-state index in [0.717, 1.165) is 50.5 Å². The second kappa shape index (κ2) is 25.0. The molecule has 0 radical (unpaired) electrons. The second-order valence-corrected chi connectivity index (χ2v) is 9.49. The fourth-order valence-electron chi connectivity index (χ4n) is 3.48. The van der Waals surface area contributed by atoms with Crippen molar-refractivity contribution < 1.29 is 9.90 Å². The Morgan fingerprint density at radius 1 is 0.971 bits per heavy atom. The summed E-state index contributed by atoms with van der Waals surface area (Å²) in [4.78, 5) is 22.7. The smallest absolute Gasteiger partial charge is 0.132 e. The molecule has 2 unspecified atom stereocenters. The zero-order valence-electron chi connectivity index (χ0n) is 23.5. The third-order valence-electron chi connectivity index (χ3n) is 6.04. The van der Waals surface area contributed by atoms with Crippen LogP contribution < -0.4 is 0 Å². The molecule has 4 heteroatoms. The van der Waals surface area contributed by atoms with E-state index in [4.69, 9.17) is 0 Å². The van der Waals surface area contributed by atoms with Crippen molar-refractivity contribution in [3.05, 3.63) is 65.1 Å². The van der Waals surface area contributed by atoms with Gasteiger partial charge in [-0.3, -0.25) is 4.79 Å². The summed E-state index contributed by atoms with van der Waals surface area (Å²) >= 11 is 0. The number of allylic oxidation sites excluding steroid dienone is 4. The molecule has 0 saturated heterocycles. The number of aliphatic hydroxyl groups excluding tert-OH is 1. The highest BCUT2D eigenvalue weighted by Gasteiger charge is 2.20. The number of carbonyl (C=O) groups excluding carboxylic acids is 1. The first kappa shape index (κ1) is 35.1. The van der Waals surface area contributed by atoms with Crippen LogP contribution in [0.1, 0.15) is 117 Å². The minimum absolute atomic E-state index is 0.00210. The topological polar surface area (TPSA) is 66.7 Å². The number of nitroso groups, excluding NO2 is 1. The second-order valence-electron chi connectivity index (χ2n) is 9.49. The number of hydrogen-bond acceptors (Lipinski definition) is 4. The SMILES string of the molecule is C/C=C\C=C/C.CCC.CCC(C)(CO)CCCCC(=O)CCCCC(CN=O)c1ccccc1. The van der Waals surface area contributed by atoms with E-state index in [0.29, 0.717) is 25.2 Å². The van der Waals surface area contributed by atoms with Gasteiger partial charge in [0.15, 0.2) is 0 Å². The molecule has 1 N–H and O–H groups in total. The molecule has 35 heavy (non-hydrogen) atoms. The third-order valence-corrected chi connectivity index (χ3v) is 6.04. The molecule has 0 amide bonds. The van der Waals surface area contributed by atoms with Gasteiger partial charge in [-0.05, 0) is 56.9 Å². The molecule has 1 aromatic carbocycles. The lowest BCUT2D eigenvalue weighted by atomic mass is 9.83. The van der Waals surface area contributed by atoms with Gasteiger partial charge in [-0.15, -0.1) is 0 Å². The average molecular weight is 488 g/mol. The zero-order chi connectivity index (χ0) is 26.8. The van der Waals surface area contributed by atoms with Crippen LogP contribution in [0.5, 0.6) is 0 Å². The monoisotopic (exact) mass is 487 g/mol. The van der Waals surface area contributed by atoms with Crippen LogP contribution in [0, 0.1) is 10.3 Å². The van der Waals surface area contributed by atoms with Crippen LogP contribution in [0.4, 0.5) is 0 Å². The Hall–Kier alpha value is -2.07. The molecule has 0 aliphatic rings. The van der Waals surface area contributed by atoms with E-state index >= 15 is 0 Å². The maximum atomic E-state index is 12.0. The van der Waals surface area contributed by atoms with Gasteiger partial charge in [0.25, 0.3) is 0 Å². The largest absolute Gasteiger partial charge is 0.396 e. The Kier molecular flexibility index (Phi) is 25.1. The lowest BCUT2D eigenvalue weighted by Gasteiger charge is -2.25. The van der Waals surface area contributed by atoms with E-state index < -0.39 is 0 Å². The predicted molar refractivity (Wildman–Crippen MR) is 153 cm³/mol. The first-order valence-corrected chi connectivity index (χ1v) is 13.6. The lowest BCUT2D eigenvalue weighted by Crippen LogP contribution is -2.20. The summed E-state index contributed by atoms with van der Waals surface area (Å²) < 4.78 is 0. The van der Waals surface area contributed by atoms with E-state index in [2.05, 4.69) is 32.9 Å². The molecule has 0 spiro atoms. The molecule has 0 bridgehead atoms. The molecule has 2 atom stereocenters. The molecule has 1 aromatic rings. The van der Waals surface area contributed by atoms with Crippen LogP contribution in [0.25, 0.3) is 0 Å². The van der Waals surface area contributed by atoms with Gasteiger partial charge in [-0.25, -0.2) is 0 Å². The molecular formula is C31H53NO3. The Balaban J connectivity index is 0. The van der Waals surface area contributed by atoms with Crippen LogP contribution in [-0.4, -0.2) is 24.0 Å². The maximum absolute atomic E-state index is 12.0. The van der Waals surface area contributed by atoms with Gasteiger partial charge in [-0.1, -0.05) is 107 Å². The van der Waals surface area contributed by atoms with E-state index in [9.17, 15) is 14.8 Å². The van der Waals surface area contributed by atoms with Crippen LogP contribution in [0.2, 0.25) is 0 Å². The van der Waals surface area contributed by atoms with Crippen molar-refractivity contribution in [2.24, 2.45) is 10.6 Å². The highest BCUT2D eigenvalue weighted by atomic mass is 16.3. The normalized spacial score (nSPS) is 13.3. The highest BCUT2D eigenvalue weighted by Crippen LogP contribution is 2.27. The molecule has 0 fully saturated rings. The van der Waals surface area contributed by atoms with Crippen molar-refractivity contribution >= 4 is 5.78 Å². The lowest BCUT2D eigenvalue weighted by molar-refractivity contribution is -0.119. The van der Waals surface area contributed by atoms with Crippen LogP contribution in [0.15, 0.2) is 59.8 Å². The molecule has 0 aliphatic carbocycles. The van der Waals surface area contributed by atoms with Crippen molar-refractivity contribution in [3.63, 3.8) is 0 Å². The van der Waals surface area contributed by atoms with Crippen molar-refractivity contribution in [1.82, 2.24) is 0 Å². The number of carbonyl (C=O) groups is 1. The third kappa shape index (κ3) is 21.0. The van der Waals surface area contributed by atoms with Gasteiger partial charge >= 0.3 is 0 Å². The number of rotatable bonds is 16. The first-order valence-electron chi connectivity index (χ1n) is 13.6. The minimum Gasteiger partial charge on any atom is -0.396 e. The molecule has 0 aromatic heterocycles. The molecule has 4 nitrogen and oxygen atoms in total. The summed E-state index contributed by atoms with van der Waals surface area (Å²) in [6, 6.07) is 10.0. The minimum atomic E-state index is 0.00210. The summed E-state index contributed by atoms with van der Waals surface area (Å²) in [6.07, 6.45) is 17.1. The number of nitrogens with zero attached hydrogens (tertiary/aromatic N) is 1. The number of Topliss-reactive ketones (excluding diaryl/α,β-unsaturated/α-hetero) is 1. The number of hydrogen-bond donors (Lipinski definition) is 1. The van der Waals surface area contributed by atoms with E-state index in [-0.39, 0.29) is 17.9 Å². The summed E-state index contributed by atoms with van der Waals surface area (Å²) in [5.41, 5.74) is 1.16. The van der Waals surface area contributed by atoms with Crippen molar-refractivity contribution in [2.45, 2.75) is 112 Å². The van der Waals surface area contributed by atoms with Crippen molar-refractivity contribution in [3.8, 4) is 0 Å². The van der Waals surface area contributed by atoms with Gasteiger partial charge in [-0.2, -0.15) is 4.91 Å². The van der Waals surface area contributed by atoms with E-state index in [1.54, 1.807) is 0 Å². The van der Waals surface area contributed by atoms with Gasteiger partial charge in [0.05, 0.1) is 6.54 Å².